The molecule has 1 aliphatic carbocycles. The molecule has 0 fully saturated rings. The van der Waals surface area contributed by atoms with Gasteiger partial charge in [0.25, 0.3) is 0 Å². The number of fused-ring (bicyclic) bond motifs is 5. The Kier molecular flexibility index (Phi) is 7.71. The van der Waals surface area contributed by atoms with Gasteiger partial charge in [0.05, 0.1) is 5.41 Å². The van der Waals surface area contributed by atoms with Crippen LogP contribution in [0.25, 0.3) is 22.3 Å². The van der Waals surface area contributed by atoms with Crippen LogP contribution in [0, 0.1) is 0 Å². The fourth-order valence-corrected chi connectivity index (χ4v) is 10.4. The summed E-state index contributed by atoms with van der Waals surface area (Å²) in [6.07, 6.45) is 0. The highest BCUT2D eigenvalue weighted by Crippen LogP contribution is 2.56. The van der Waals surface area contributed by atoms with Crippen LogP contribution < -0.4 is 4.90 Å². The van der Waals surface area contributed by atoms with Crippen LogP contribution in [-0.2, 0) is 10.8 Å². The topological polar surface area (TPSA) is 3.24 Å². The summed E-state index contributed by atoms with van der Waals surface area (Å²) in [6.45, 7) is 4.73. The van der Waals surface area contributed by atoms with E-state index >= 15 is 0 Å². The van der Waals surface area contributed by atoms with Gasteiger partial charge < -0.3 is 4.90 Å². The highest BCUT2D eigenvalue weighted by Gasteiger charge is 2.45. The van der Waals surface area contributed by atoms with Crippen LogP contribution in [0.5, 0.6) is 0 Å². The highest BCUT2D eigenvalue weighted by atomic mass is 32.2. The minimum atomic E-state index is -0.435. The Morgan fingerprint density at radius 1 is 0.370 bits per heavy atom. The van der Waals surface area contributed by atoms with Crippen LogP contribution in [0.15, 0.2) is 210 Å². The van der Waals surface area contributed by atoms with E-state index in [1.807, 2.05) is 11.8 Å². The van der Waals surface area contributed by atoms with Crippen LogP contribution in [-0.4, -0.2) is 0 Å². The van der Waals surface area contributed by atoms with E-state index in [0.717, 1.165) is 17.1 Å². The molecule has 0 atom stereocenters. The molecule has 2 aliphatic rings. The maximum atomic E-state index is 2.42. The van der Waals surface area contributed by atoms with Crippen LogP contribution >= 0.6 is 11.8 Å². The van der Waals surface area contributed by atoms with Crippen LogP contribution in [0.3, 0.4) is 0 Å². The van der Waals surface area contributed by atoms with Gasteiger partial charge in [-0.25, -0.2) is 0 Å². The molecule has 0 unspecified atom stereocenters. The molecule has 0 spiro atoms. The Labute approximate surface area is 322 Å². The first-order chi connectivity index (χ1) is 26.5. The molecule has 0 saturated heterocycles. The smallest absolute Gasteiger partial charge is 0.0713 e. The molecule has 2 heteroatoms. The molecular weight excluding hydrogens is 671 g/mol. The second-order valence-electron chi connectivity index (χ2n) is 14.9. The molecule has 0 radical (unpaired) electrons. The van der Waals surface area contributed by atoms with Crippen LogP contribution in [0.1, 0.15) is 47.2 Å². The summed E-state index contributed by atoms with van der Waals surface area (Å²) in [6, 6.07) is 73.9. The van der Waals surface area contributed by atoms with Gasteiger partial charge in [-0.1, -0.05) is 177 Å². The van der Waals surface area contributed by atoms with Crippen molar-refractivity contribution in [1.29, 1.82) is 0 Å². The molecule has 8 aromatic rings. The van der Waals surface area contributed by atoms with Crippen molar-refractivity contribution in [3.05, 3.63) is 234 Å². The Balaban J connectivity index is 1.14. The summed E-state index contributed by atoms with van der Waals surface area (Å²) in [5.74, 6) is 0. The van der Waals surface area contributed by atoms with Crippen molar-refractivity contribution in [1.82, 2.24) is 0 Å². The lowest BCUT2D eigenvalue weighted by Crippen LogP contribution is -2.28. The molecule has 1 aliphatic heterocycles. The molecule has 0 N–H and O–H groups in total. The molecule has 0 saturated carbocycles. The van der Waals surface area contributed by atoms with Gasteiger partial charge in [0.2, 0.25) is 0 Å². The van der Waals surface area contributed by atoms with Crippen molar-refractivity contribution < 1.29 is 0 Å². The number of rotatable bonds is 6. The third-order valence-electron chi connectivity index (χ3n) is 11.6. The molecule has 0 amide bonds. The first kappa shape index (κ1) is 32.6. The maximum Gasteiger partial charge on any atom is 0.0713 e. The largest absolute Gasteiger partial charge is 0.310 e. The lowest BCUT2D eigenvalue weighted by atomic mass is 9.68. The Morgan fingerprint density at radius 3 is 1.48 bits per heavy atom. The average Bonchev–Trinajstić information content (AvgIpc) is 3.53. The quantitative estimate of drug-likeness (QED) is 0.169. The molecule has 10 rings (SSSR count). The molecule has 8 aromatic carbocycles. The average molecular weight is 710 g/mol. The molecule has 54 heavy (non-hydrogen) atoms. The lowest BCUT2D eigenvalue weighted by molar-refractivity contribution is 0.607. The SMILES string of the molecule is CC1(C)c2ccccc2Sc2ccc(N(c3ccc(-c4ccccc4)cc3)c3ccc(C4(c5ccccc5)c5ccccc5-c5ccccc54)cc3)cc21. The summed E-state index contributed by atoms with van der Waals surface area (Å²) in [5, 5.41) is 0. The fraction of sp³-hybridized carbons (Fsp3) is 0.0769. The Morgan fingerprint density at radius 2 is 0.833 bits per heavy atom. The van der Waals surface area contributed by atoms with E-state index < -0.39 is 5.41 Å². The van der Waals surface area contributed by atoms with Crippen molar-refractivity contribution in [2.75, 3.05) is 4.90 Å². The fourth-order valence-electron chi connectivity index (χ4n) is 9.02. The first-order valence-corrected chi connectivity index (χ1v) is 19.6. The molecular formula is C52H39NS. The third kappa shape index (κ3) is 5.01. The number of nitrogens with zero attached hydrogens (tertiary/aromatic N) is 1. The van der Waals surface area contributed by atoms with Gasteiger partial charge in [-0.15, -0.1) is 0 Å². The summed E-state index contributed by atoms with van der Waals surface area (Å²) >= 11 is 1.88. The van der Waals surface area contributed by atoms with E-state index in [-0.39, 0.29) is 5.41 Å². The highest BCUT2D eigenvalue weighted by molar-refractivity contribution is 7.99. The van der Waals surface area contributed by atoms with Crippen molar-refractivity contribution >= 4 is 28.8 Å². The van der Waals surface area contributed by atoms with E-state index in [1.165, 1.54) is 65.4 Å². The van der Waals surface area contributed by atoms with E-state index in [1.54, 1.807) is 0 Å². The molecule has 0 bridgehead atoms. The summed E-state index contributed by atoms with van der Waals surface area (Å²) in [4.78, 5) is 5.08. The molecule has 1 heterocycles. The Bertz CT molecular complexity index is 2600. The standard InChI is InChI=1S/C52H39NS/c1-51(2)47-23-13-14-24-49(47)54-50-34-33-42(35-48(50)51)53(40-29-25-37(26-30-40)36-15-5-3-6-16-36)41-31-27-39(28-32-41)52(38-17-7-4-8-18-38)45-21-11-9-19-43(45)44-20-10-12-22-46(44)52/h3-35H,1-2H3. The van der Waals surface area contributed by atoms with Gasteiger partial charge in [-0.2, -0.15) is 0 Å². The maximum absolute atomic E-state index is 2.42. The van der Waals surface area contributed by atoms with Crippen LogP contribution in [0.2, 0.25) is 0 Å². The molecule has 258 valence electrons. The summed E-state index contributed by atoms with van der Waals surface area (Å²) < 4.78 is 0. The van der Waals surface area contributed by atoms with Gasteiger partial charge in [-0.3, -0.25) is 0 Å². The van der Waals surface area contributed by atoms with E-state index in [2.05, 4.69) is 219 Å². The van der Waals surface area contributed by atoms with Gasteiger partial charge in [0, 0.05) is 32.3 Å². The van der Waals surface area contributed by atoms with Crippen molar-refractivity contribution in [3.8, 4) is 22.3 Å². The number of benzene rings is 8. The number of hydrogen-bond donors (Lipinski definition) is 0. The number of hydrogen-bond acceptors (Lipinski definition) is 2. The molecule has 1 nitrogen and oxygen atoms in total. The van der Waals surface area contributed by atoms with Crippen molar-refractivity contribution in [2.45, 2.75) is 34.5 Å². The van der Waals surface area contributed by atoms with Gasteiger partial charge in [0.15, 0.2) is 0 Å². The number of anilines is 3. The van der Waals surface area contributed by atoms with E-state index in [0.29, 0.717) is 0 Å². The van der Waals surface area contributed by atoms with Crippen molar-refractivity contribution in [3.63, 3.8) is 0 Å². The summed E-state index contributed by atoms with van der Waals surface area (Å²) in [7, 11) is 0. The van der Waals surface area contributed by atoms with Gasteiger partial charge >= 0.3 is 0 Å². The predicted octanol–water partition coefficient (Wildman–Crippen LogP) is 14.0. The summed E-state index contributed by atoms with van der Waals surface area (Å²) in [5.41, 5.74) is 15.8. The minimum Gasteiger partial charge on any atom is -0.310 e. The van der Waals surface area contributed by atoms with Crippen LogP contribution in [0.4, 0.5) is 17.1 Å². The first-order valence-electron chi connectivity index (χ1n) is 18.8. The monoisotopic (exact) mass is 709 g/mol. The zero-order valence-corrected chi connectivity index (χ0v) is 31.2. The van der Waals surface area contributed by atoms with E-state index in [4.69, 9.17) is 0 Å². The van der Waals surface area contributed by atoms with Crippen molar-refractivity contribution in [2.24, 2.45) is 0 Å². The lowest BCUT2D eigenvalue weighted by Gasteiger charge is -2.36. The second kappa shape index (κ2) is 12.8. The zero-order valence-electron chi connectivity index (χ0n) is 30.4. The van der Waals surface area contributed by atoms with Gasteiger partial charge in [0.1, 0.15) is 0 Å². The normalized spacial score (nSPS) is 14.3. The minimum absolute atomic E-state index is 0.134. The van der Waals surface area contributed by atoms with E-state index in [9.17, 15) is 0 Å². The second-order valence-corrected chi connectivity index (χ2v) is 16.0. The van der Waals surface area contributed by atoms with Gasteiger partial charge in [-0.05, 0) is 104 Å². The molecule has 0 aromatic heterocycles. The third-order valence-corrected chi connectivity index (χ3v) is 12.8. The predicted molar refractivity (Wildman–Crippen MR) is 227 cm³/mol. The zero-order chi connectivity index (χ0) is 36.3. The Hall–Kier alpha value is -6.09.